The third-order valence-corrected chi connectivity index (χ3v) is 4.08. The van der Waals surface area contributed by atoms with Gasteiger partial charge in [0.1, 0.15) is 0 Å². The zero-order chi connectivity index (χ0) is 11.2. The summed E-state index contributed by atoms with van der Waals surface area (Å²) in [5.41, 5.74) is 1.50. The highest BCUT2D eigenvalue weighted by Crippen LogP contribution is 2.36. The lowest BCUT2D eigenvalue weighted by molar-refractivity contribution is 0.641. The Balaban J connectivity index is 1.70. The van der Waals surface area contributed by atoms with Crippen molar-refractivity contribution in [3.05, 3.63) is 29.8 Å². The standard InChI is InChI=1S/C14H17NS/c1-2-3-6-9-15-11-13-10-12-7-4-5-8-14(12)16-13/h1,4-5,7-8,13,15H,3,6,9-11H2. The first kappa shape index (κ1) is 11.6. The molecule has 1 atom stereocenters. The molecule has 2 rings (SSSR count). The SMILES string of the molecule is C#CCCCNCC1Cc2ccccc2S1. The molecule has 0 saturated carbocycles. The summed E-state index contributed by atoms with van der Waals surface area (Å²) in [7, 11) is 0. The zero-order valence-electron chi connectivity index (χ0n) is 9.41. The summed E-state index contributed by atoms with van der Waals surface area (Å²) in [6, 6.07) is 8.70. The smallest absolute Gasteiger partial charge is 0.0260 e. The van der Waals surface area contributed by atoms with Crippen LogP contribution in [0.25, 0.3) is 0 Å². The second kappa shape index (κ2) is 5.98. The maximum Gasteiger partial charge on any atom is 0.0260 e. The second-order valence-electron chi connectivity index (χ2n) is 4.06. The Labute approximate surface area is 102 Å². The van der Waals surface area contributed by atoms with Crippen LogP contribution in [0.15, 0.2) is 29.2 Å². The minimum atomic E-state index is 0.697. The molecule has 0 spiro atoms. The molecule has 1 nitrogen and oxygen atoms in total. The third-order valence-electron chi connectivity index (χ3n) is 2.76. The van der Waals surface area contributed by atoms with Crippen LogP contribution in [0.5, 0.6) is 0 Å². The molecule has 1 N–H and O–H groups in total. The van der Waals surface area contributed by atoms with Gasteiger partial charge in [-0.25, -0.2) is 0 Å². The molecule has 16 heavy (non-hydrogen) atoms. The first-order valence-electron chi connectivity index (χ1n) is 5.79. The van der Waals surface area contributed by atoms with Gasteiger partial charge >= 0.3 is 0 Å². The number of rotatable bonds is 5. The molecule has 0 fully saturated rings. The van der Waals surface area contributed by atoms with E-state index in [1.54, 1.807) is 0 Å². The van der Waals surface area contributed by atoms with Crippen molar-refractivity contribution in [3.63, 3.8) is 0 Å². The fourth-order valence-corrected chi connectivity index (χ4v) is 3.23. The van der Waals surface area contributed by atoms with Gasteiger partial charge in [0.15, 0.2) is 0 Å². The largest absolute Gasteiger partial charge is 0.316 e. The number of fused-ring (bicyclic) bond motifs is 1. The highest BCUT2D eigenvalue weighted by atomic mass is 32.2. The quantitative estimate of drug-likeness (QED) is 0.618. The Morgan fingerprint density at radius 1 is 1.44 bits per heavy atom. The molecule has 0 saturated heterocycles. The van der Waals surface area contributed by atoms with Crippen molar-refractivity contribution in [1.82, 2.24) is 5.32 Å². The van der Waals surface area contributed by atoms with E-state index in [4.69, 9.17) is 6.42 Å². The molecule has 84 valence electrons. The summed E-state index contributed by atoms with van der Waals surface area (Å²) >= 11 is 2.00. The molecule has 1 aromatic rings. The lowest BCUT2D eigenvalue weighted by Gasteiger charge is -2.09. The highest BCUT2D eigenvalue weighted by molar-refractivity contribution is 8.00. The van der Waals surface area contributed by atoms with Gasteiger partial charge in [0.25, 0.3) is 0 Å². The number of terminal acetylenes is 1. The molecule has 1 aliphatic heterocycles. The number of nitrogens with one attached hydrogen (secondary N) is 1. The van der Waals surface area contributed by atoms with Crippen molar-refractivity contribution in [2.75, 3.05) is 13.1 Å². The molecule has 1 heterocycles. The van der Waals surface area contributed by atoms with Crippen LogP contribution >= 0.6 is 11.8 Å². The predicted molar refractivity (Wildman–Crippen MR) is 70.7 cm³/mol. The molecule has 2 heteroatoms. The lowest BCUT2D eigenvalue weighted by Crippen LogP contribution is -2.25. The molecule has 0 radical (unpaired) electrons. The van der Waals surface area contributed by atoms with E-state index in [2.05, 4.69) is 35.5 Å². The number of hydrogen-bond acceptors (Lipinski definition) is 2. The van der Waals surface area contributed by atoms with Gasteiger partial charge in [-0.15, -0.1) is 24.1 Å². The van der Waals surface area contributed by atoms with Crippen molar-refractivity contribution < 1.29 is 0 Å². The summed E-state index contributed by atoms with van der Waals surface area (Å²) in [5.74, 6) is 2.67. The van der Waals surface area contributed by atoms with Gasteiger partial charge < -0.3 is 5.32 Å². The molecular weight excluding hydrogens is 214 g/mol. The van der Waals surface area contributed by atoms with E-state index in [9.17, 15) is 0 Å². The molecule has 1 aliphatic rings. The van der Waals surface area contributed by atoms with E-state index >= 15 is 0 Å². The van der Waals surface area contributed by atoms with Crippen LogP contribution in [-0.4, -0.2) is 18.3 Å². The Hall–Kier alpha value is -0.910. The Morgan fingerprint density at radius 2 is 2.31 bits per heavy atom. The minimum absolute atomic E-state index is 0.697. The van der Waals surface area contributed by atoms with Crippen molar-refractivity contribution >= 4 is 11.8 Å². The van der Waals surface area contributed by atoms with Crippen molar-refractivity contribution in [2.45, 2.75) is 29.4 Å². The van der Waals surface area contributed by atoms with Gasteiger partial charge in [-0.1, -0.05) is 18.2 Å². The van der Waals surface area contributed by atoms with Gasteiger partial charge in [-0.2, -0.15) is 0 Å². The van der Waals surface area contributed by atoms with E-state index in [-0.39, 0.29) is 0 Å². The fraction of sp³-hybridized carbons (Fsp3) is 0.429. The number of thioether (sulfide) groups is 1. The molecule has 0 bridgehead atoms. The van der Waals surface area contributed by atoms with Crippen LogP contribution < -0.4 is 5.32 Å². The maximum atomic E-state index is 5.21. The Morgan fingerprint density at radius 3 is 3.12 bits per heavy atom. The normalized spacial score (nSPS) is 18.1. The molecule has 0 amide bonds. The van der Waals surface area contributed by atoms with E-state index in [0.717, 1.165) is 25.9 Å². The first-order valence-corrected chi connectivity index (χ1v) is 6.67. The zero-order valence-corrected chi connectivity index (χ0v) is 10.2. The van der Waals surface area contributed by atoms with Gasteiger partial charge in [-0.05, 0) is 31.0 Å². The minimum Gasteiger partial charge on any atom is -0.316 e. The Kier molecular flexibility index (Phi) is 4.33. The van der Waals surface area contributed by atoms with Crippen LogP contribution in [0.3, 0.4) is 0 Å². The van der Waals surface area contributed by atoms with Crippen molar-refractivity contribution in [1.29, 1.82) is 0 Å². The molecule has 0 aliphatic carbocycles. The van der Waals surface area contributed by atoms with E-state index < -0.39 is 0 Å². The average molecular weight is 231 g/mol. The summed E-state index contributed by atoms with van der Waals surface area (Å²) in [5, 5.41) is 4.18. The highest BCUT2D eigenvalue weighted by Gasteiger charge is 2.20. The number of unbranched alkanes of at least 4 members (excludes halogenated alkanes) is 1. The second-order valence-corrected chi connectivity index (χ2v) is 5.41. The first-order chi connectivity index (χ1) is 7.90. The monoisotopic (exact) mass is 231 g/mol. The van der Waals surface area contributed by atoms with Gasteiger partial charge in [-0.3, -0.25) is 0 Å². The van der Waals surface area contributed by atoms with Gasteiger partial charge in [0.2, 0.25) is 0 Å². The van der Waals surface area contributed by atoms with E-state index in [1.165, 1.54) is 16.9 Å². The lowest BCUT2D eigenvalue weighted by atomic mass is 10.1. The van der Waals surface area contributed by atoms with Crippen LogP contribution in [0, 0.1) is 12.3 Å². The molecule has 1 aromatic carbocycles. The van der Waals surface area contributed by atoms with Crippen LogP contribution in [-0.2, 0) is 6.42 Å². The topological polar surface area (TPSA) is 12.0 Å². The van der Waals surface area contributed by atoms with Crippen LogP contribution in [0.4, 0.5) is 0 Å². The van der Waals surface area contributed by atoms with Crippen LogP contribution in [0.1, 0.15) is 18.4 Å². The number of benzene rings is 1. The summed E-state index contributed by atoms with van der Waals surface area (Å²) < 4.78 is 0. The predicted octanol–water partition coefficient (Wildman–Crippen LogP) is 2.71. The summed E-state index contributed by atoms with van der Waals surface area (Å²) in [6.45, 7) is 2.13. The summed E-state index contributed by atoms with van der Waals surface area (Å²) in [4.78, 5) is 1.46. The molecule has 1 unspecified atom stereocenters. The molecule has 0 aromatic heterocycles. The average Bonchev–Trinajstić information content (AvgIpc) is 2.71. The third kappa shape index (κ3) is 3.04. The Bertz CT molecular complexity index is 356. The summed E-state index contributed by atoms with van der Waals surface area (Å²) in [6.07, 6.45) is 8.37. The van der Waals surface area contributed by atoms with Crippen molar-refractivity contribution in [3.8, 4) is 12.3 Å². The number of hydrogen-bond donors (Lipinski definition) is 1. The van der Waals surface area contributed by atoms with Gasteiger partial charge in [0.05, 0.1) is 0 Å². The van der Waals surface area contributed by atoms with E-state index in [0.29, 0.717) is 5.25 Å². The van der Waals surface area contributed by atoms with Crippen LogP contribution in [0.2, 0.25) is 0 Å². The van der Waals surface area contributed by atoms with Crippen molar-refractivity contribution in [2.24, 2.45) is 0 Å². The maximum absolute atomic E-state index is 5.21. The van der Waals surface area contributed by atoms with Gasteiger partial charge in [0, 0.05) is 23.1 Å². The van der Waals surface area contributed by atoms with E-state index in [1.807, 2.05) is 11.8 Å². The molecular formula is C14H17NS. The fourth-order valence-electron chi connectivity index (χ4n) is 1.95.